The summed E-state index contributed by atoms with van der Waals surface area (Å²) in [4.78, 5) is 13.9. The molecule has 0 spiro atoms. The van der Waals surface area contributed by atoms with Gasteiger partial charge in [0, 0.05) is 29.4 Å². The number of aliphatic hydroxyl groups is 1. The second-order valence-electron chi connectivity index (χ2n) is 10.2. The lowest BCUT2D eigenvalue weighted by molar-refractivity contribution is 0.177. The minimum absolute atomic E-state index is 0.0204. The number of aromatic amines is 1. The molecule has 0 unspecified atom stereocenters. The highest BCUT2D eigenvalue weighted by Gasteiger charge is 2.16. The molecule has 13 heteroatoms. The van der Waals surface area contributed by atoms with Gasteiger partial charge in [0.05, 0.1) is 15.7 Å². The summed E-state index contributed by atoms with van der Waals surface area (Å²) in [5.74, 6) is 2.07. The summed E-state index contributed by atoms with van der Waals surface area (Å²) in [6, 6.07) is 23.0. The predicted molar refractivity (Wildman–Crippen MR) is 186 cm³/mol. The normalized spacial score (nSPS) is 12.2. The molecule has 0 saturated carbocycles. The first-order chi connectivity index (χ1) is 21.6. The van der Waals surface area contributed by atoms with Crippen LogP contribution in [-0.2, 0) is 16.5 Å². The van der Waals surface area contributed by atoms with E-state index in [1.165, 1.54) is 23.8 Å². The van der Waals surface area contributed by atoms with E-state index in [2.05, 4.69) is 21.7 Å². The molecule has 0 aliphatic carbocycles. The van der Waals surface area contributed by atoms with Crippen LogP contribution < -0.4 is 15.5 Å². The fraction of sp³-hybridized carbons (Fsp3) is 0.281. The molecule has 5 aromatic rings. The second-order valence-corrected chi connectivity index (χ2v) is 14.2. The van der Waals surface area contributed by atoms with Gasteiger partial charge in [-0.05, 0) is 72.3 Å². The number of hydrogen-bond donors (Lipinski definition) is 6. The molecule has 4 aromatic carbocycles. The van der Waals surface area contributed by atoms with Crippen molar-refractivity contribution in [2.75, 3.05) is 37.7 Å². The zero-order valence-electron chi connectivity index (χ0n) is 24.4. The molecule has 0 saturated heterocycles. The van der Waals surface area contributed by atoms with Gasteiger partial charge in [-0.25, -0.2) is 0 Å². The maximum atomic E-state index is 11.6. The van der Waals surface area contributed by atoms with E-state index in [0.717, 1.165) is 71.1 Å². The Bertz CT molecular complexity index is 1860. The molecule has 0 radical (unpaired) electrons. The van der Waals surface area contributed by atoms with Crippen molar-refractivity contribution in [1.29, 1.82) is 0 Å². The molecule has 240 valence electrons. The molecule has 1 heterocycles. The third-order valence-corrected chi connectivity index (χ3v) is 10.1. The van der Waals surface area contributed by atoms with Gasteiger partial charge in [-0.3, -0.25) is 9.35 Å². The molecule has 0 fully saturated rings. The number of aromatic nitrogens is 1. The molecule has 1 atom stereocenters. The molecule has 0 aliphatic heterocycles. The van der Waals surface area contributed by atoms with Crippen molar-refractivity contribution in [3.8, 4) is 5.75 Å². The molecule has 0 amide bonds. The van der Waals surface area contributed by atoms with Crippen molar-refractivity contribution in [3.05, 3.63) is 105 Å². The summed E-state index contributed by atoms with van der Waals surface area (Å²) < 4.78 is 31.1. The molecule has 9 nitrogen and oxygen atoms in total. The van der Waals surface area contributed by atoms with Crippen molar-refractivity contribution < 1.29 is 23.2 Å². The number of aliphatic hydroxyl groups excluding tert-OH is 1. The number of rotatable bonds is 14. The smallest absolute Gasteiger partial charge is 0.305 e. The van der Waals surface area contributed by atoms with Crippen LogP contribution in [0.15, 0.2) is 88.6 Å². The molecule has 0 aliphatic rings. The van der Waals surface area contributed by atoms with Crippen LogP contribution in [0.2, 0.25) is 5.02 Å². The Kier molecular flexibility index (Phi) is 13.3. The molecule has 6 N–H and O–H groups in total. The third kappa shape index (κ3) is 10.5. The topological polar surface area (TPSA) is 152 Å². The van der Waals surface area contributed by atoms with Crippen molar-refractivity contribution in [1.82, 2.24) is 15.6 Å². The lowest BCUT2D eigenvalue weighted by atomic mass is 10.1. The fourth-order valence-corrected chi connectivity index (χ4v) is 7.08. The zero-order valence-corrected chi connectivity index (χ0v) is 27.6. The van der Waals surface area contributed by atoms with Crippen LogP contribution in [0.3, 0.4) is 0 Å². The molecular formula is C32H36ClN3O6S3. The predicted octanol–water partition coefficient (Wildman–Crippen LogP) is 5.61. The lowest BCUT2D eigenvalue weighted by Gasteiger charge is -2.13. The molecule has 5 rings (SSSR count). The van der Waals surface area contributed by atoms with Crippen molar-refractivity contribution >= 4 is 65.8 Å². The van der Waals surface area contributed by atoms with Gasteiger partial charge < -0.3 is 25.8 Å². The quantitative estimate of drug-likeness (QED) is 0.0645. The average Bonchev–Trinajstić information content (AvgIpc) is 3.42. The first-order valence-corrected chi connectivity index (χ1v) is 18.1. The van der Waals surface area contributed by atoms with Crippen LogP contribution in [0.5, 0.6) is 5.75 Å². The Labute approximate surface area is 275 Å². The van der Waals surface area contributed by atoms with Gasteiger partial charge in [-0.15, -0.1) is 0 Å². The highest BCUT2D eigenvalue weighted by atomic mass is 35.5. The van der Waals surface area contributed by atoms with Crippen molar-refractivity contribution in [3.63, 3.8) is 0 Å². The minimum Gasteiger partial charge on any atom is -0.506 e. The molecule has 0 bridgehead atoms. The standard InChI is InChI=1S/C22H28ClN3O3S2.C10H8O3S/c23-17-5-2-1-4-15(17)8-10-24-9-3-12-30-13-11-25-14-19(28)16-6-7-18(27)20-21(16)31-22(29)26-20;11-14(12,13)10-6-5-8-3-1-2-4-9(8)7-10/h1-2,4-7,19,24-25,27-28H,3,8-14H2,(H,26,29);1-7H,(H,11,12,13)/t19-;/m0./s1. The summed E-state index contributed by atoms with van der Waals surface area (Å²) in [6.45, 7) is 3.11. The minimum atomic E-state index is -4.09. The maximum absolute atomic E-state index is 11.6. The Morgan fingerprint density at radius 3 is 2.44 bits per heavy atom. The Morgan fingerprint density at radius 2 is 1.67 bits per heavy atom. The lowest BCUT2D eigenvalue weighted by Crippen LogP contribution is -2.24. The third-order valence-electron chi connectivity index (χ3n) is 6.90. The maximum Gasteiger partial charge on any atom is 0.305 e. The number of hydrogen-bond acceptors (Lipinski definition) is 9. The SMILES string of the molecule is O=S(=O)(O)c1ccc2ccccc2c1.O=c1[nH]c2c(O)ccc([C@@H](O)CNCCSCCCNCCc3ccccc3Cl)c2s1. The summed E-state index contributed by atoms with van der Waals surface area (Å²) in [5.41, 5.74) is 2.22. The first-order valence-electron chi connectivity index (χ1n) is 14.3. The van der Waals surface area contributed by atoms with Gasteiger partial charge >= 0.3 is 4.87 Å². The van der Waals surface area contributed by atoms with E-state index in [1.807, 2.05) is 48.2 Å². The number of benzene rings is 4. The number of thiazole rings is 1. The van der Waals surface area contributed by atoms with Gasteiger partial charge in [-0.2, -0.15) is 20.2 Å². The van der Waals surface area contributed by atoms with Crippen molar-refractivity contribution in [2.45, 2.75) is 23.8 Å². The van der Waals surface area contributed by atoms with Gasteiger partial charge in [0.15, 0.2) is 0 Å². The number of halogens is 1. The van der Waals surface area contributed by atoms with E-state index in [1.54, 1.807) is 18.2 Å². The highest BCUT2D eigenvalue weighted by molar-refractivity contribution is 7.99. The number of H-pyrrole nitrogens is 1. The van der Waals surface area contributed by atoms with Crippen LogP contribution in [0.1, 0.15) is 23.7 Å². The number of fused-ring (bicyclic) bond motifs is 2. The monoisotopic (exact) mass is 689 g/mol. The number of aromatic hydroxyl groups is 1. The van der Waals surface area contributed by atoms with Gasteiger partial charge in [0.25, 0.3) is 10.1 Å². The molecule has 1 aromatic heterocycles. The van der Waals surface area contributed by atoms with Crippen LogP contribution in [0.25, 0.3) is 21.0 Å². The number of phenolic OH excluding ortho intramolecular Hbond substituents is 1. The highest BCUT2D eigenvalue weighted by Crippen LogP contribution is 2.31. The molecule has 45 heavy (non-hydrogen) atoms. The van der Waals surface area contributed by atoms with Crippen molar-refractivity contribution in [2.24, 2.45) is 0 Å². The Hall–Kier alpha value is -2.94. The largest absolute Gasteiger partial charge is 0.506 e. The van der Waals surface area contributed by atoms with Gasteiger partial charge in [0.2, 0.25) is 0 Å². The first kappa shape index (κ1) is 34.9. The molecular weight excluding hydrogens is 654 g/mol. The summed E-state index contributed by atoms with van der Waals surface area (Å²) in [7, 11) is -4.09. The zero-order chi connectivity index (χ0) is 32.2. The second kappa shape index (κ2) is 17.1. The fourth-order valence-electron chi connectivity index (χ4n) is 4.57. The Balaban J connectivity index is 0.000000273. The number of nitrogens with one attached hydrogen (secondary N) is 3. The van der Waals surface area contributed by atoms with E-state index < -0.39 is 16.2 Å². The Morgan fingerprint density at radius 1 is 0.911 bits per heavy atom. The van der Waals surface area contributed by atoms with Gasteiger partial charge in [-0.1, -0.05) is 77.5 Å². The summed E-state index contributed by atoms with van der Waals surface area (Å²) in [6.07, 6.45) is 1.31. The van der Waals surface area contributed by atoms with E-state index in [-0.39, 0.29) is 15.5 Å². The van der Waals surface area contributed by atoms with E-state index >= 15 is 0 Å². The number of thioether (sulfide) groups is 1. The summed E-state index contributed by atoms with van der Waals surface area (Å²) in [5, 5.41) is 29.6. The van der Waals surface area contributed by atoms with Crippen LogP contribution in [-0.4, -0.2) is 65.9 Å². The van der Waals surface area contributed by atoms with E-state index in [4.69, 9.17) is 16.2 Å². The van der Waals surface area contributed by atoms with E-state index in [0.29, 0.717) is 22.3 Å². The van der Waals surface area contributed by atoms with Gasteiger partial charge in [0.1, 0.15) is 11.3 Å². The average molecular weight is 690 g/mol. The van der Waals surface area contributed by atoms with Crippen LogP contribution in [0, 0.1) is 0 Å². The summed E-state index contributed by atoms with van der Waals surface area (Å²) >= 11 is 9.04. The van der Waals surface area contributed by atoms with Crippen LogP contribution in [0.4, 0.5) is 0 Å². The number of phenols is 1. The van der Waals surface area contributed by atoms with Crippen LogP contribution >= 0.6 is 34.7 Å². The van der Waals surface area contributed by atoms with E-state index in [9.17, 15) is 23.4 Å².